The molecule has 0 aliphatic carbocycles. The van der Waals surface area contributed by atoms with Crippen LogP contribution < -0.4 is 4.74 Å². The van der Waals surface area contributed by atoms with E-state index in [9.17, 15) is 0 Å². The molecule has 0 radical (unpaired) electrons. The summed E-state index contributed by atoms with van der Waals surface area (Å²) in [5.41, 5.74) is 3.82. The predicted molar refractivity (Wildman–Crippen MR) is 120 cm³/mol. The Morgan fingerprint density at radius 2 is 1.28 bits per heavy atom. The van der Waals surface area contributed by atoms with Crippen LogP contribution >= 0.6 is 0 Å². The van der Waals surface area contributed by atoms with Gasteiger partial charge in [0.2, 0.25) is 0 Å². The van der Waals surface area contributed by atoms with Gasteiger partial charge in [-0.1, -0.05) is 91.0 Å². The van der Waals surface area contributed by atoms with Crippen molar-refractivity contribution in [2.24, 2.45) is 0 Å². The number of rotatable bonds is 7. The molecule has 0 unspecified atom stereocenters. The quantitative estimate of drug-likeness (QED) is 0.567. The second kappa shape index (κ2) is 9.55. The first-order valence-electron chi connectivity index (χ1n) is 10.2. The first kappa shape index (κ1) is 19.4. The molecule has 3 aromatic carbocycles. The third kappa shape index (κ3) is 4.94. The van der Waals surface area contributed by atoms with Crippen molar-refractivity contribution in [1.29, 1.82) is 0 Å². The standard InChI is InChI=1S/C26H28N2O/c1-29-25-15-9-8-14-24(25)16-17-26-27(20-22-10-4-2-5-11-22)18-19-28(26)21-23-12-6-3-7-13-23/h2-17,26H,18-21H2,1H3. The van der Waals surface area contributed by atoms with Crippen LogP contribution in [0.1, 0.15) is 16.7 Å². The highest BCUT2D eigenvalue weighted by atomic mass is 16.5. The zero-order valence-electron chi connectivity index (χ0n) is 16.9. The van der Waals surface area contributed by atoms with E-state index in [1.807, 2.05) is 12.1 Å². The number of nitrogens with zero attached hydrogens (tertiary/aromatic N) is 2. The monoisotopic (exact) mass is 384 g/mol. The molecule has 0 spiro atoms. The van der Waals surface area contributed by atoms with Gasteiger partial charge in [0.05, 0.1) is 13.3 Å². The fourth-order valence-electron chi connectivity index (χ4n) is 3.97. The van der Waals surface area contributed by atoms with Crippen molar-refractivity contribution >= 4 is 6.08 Å². The molecule has 3 aromatic rings. The molecule has 1 fully saturated rings. The van der Waals surface area contributed by atoms with Crippen molar-refractivity contribution in [1.82, 2.24) is 9.80 Å². The van der Waals surface area contributed by atoms with E-state index in [1.165, 1.54) is 11.1 Å². The molecule has 0 N–H and O–H groups in total. The Morgan fingerprint density at radius 1 is 0.759 bits per heavy atom. The molecule has 3 heteroatoms. The van der Waals surface area contributed by atoms with Gasteiger partial charge in [-0.25, -0.2) is 0 Å². The van der Waals surface area contributed by atoms with Gasteiger partial charge in [-0.15, -0.1) is 0 Å². The highest BCUT2D eigenvalue weighted by Crippen LogP contribution is 2.24. The molecule has 1 aliphatic rings. The van der Waals surface area contributed by atoms with E-state index in [1.54, 1.807) is 7.11 Å². The smallest absolute Gasteiger partial charge is 0.126 e. The average Bonchev–Trinajstić information content (AvgIpc) is 3.14. The summed E-state index contributed by atoms with van der Waals surface area (Å²) in [6.45, 7) is 4.02. The van der Waals surface area contributed by atoms with Crippen molar-refractivity contribution in [3.05, 3.63) is 108 Å². The van der Waals surface area contributed by atoms with Gasteiger partial charge in [0.15, 0.2) is 0 Å². The molecule has 148 valence electrons. The van der Waals surface area contributed by atoms with E-state index in [2.05, 4.69) is 94.7 Å². The summed E-state index contributed by atoms with van der Waals surface area (Å²) in [6, 6.07) is 29.6. The SMILES string of the molecule is COc1ccccc1C=CC1N(Cc2ccccc2)CCN1Cc1ccccc1. The van der Waals surface area contributed by atoms with Gasteiger partial charge in [0.1, 0.15) is 5.75 Å². The summed E-state index contributed by atoms with van der Waals surface area (Å²) >= 11 is 0. The maximum atomic E-state index is 5.53. The van der Waals surface area contributed by atoms with Gasteiger partial charge in [0, 0.05) is 31.7 Å². The Balaban J connectivity index is 1.57. The van der Waals surface area contributed by atoms with E-state index in [0.717, 1.165) is 37.5 Å². The maximum Gasteiger partial charge on any atom is 0.126 e. The number of benzene rings is 3. The Kier molecular flexibility index (Phi) is 6.40. The highest BCUT2D eigenvalue weighted by molar-refractivity contribution is 5.57. The molecule has 0 amide bonds. The van der Waals surface area contributed by atoms with Crippen LogP contribution in [0.2, 0.25) is 0 Å². The molecule has 1 saturated heterocycles. The molecule has 0 bridgehead atoms. The number of ether oxygens (including phenoxy) is 1. The van der Waals surface area contributed by atoms with Gasteiger partial charge < -0.3 is 4.74 Å². The van der Waals surface area contributed by atoms with Crippen LogP contribution in [-0.4, -0.2) is 36.2 Å². The number of methoxy groups -OCH3 is 1. The minimum atomic E-state index is 0.250. The Bertz CT molecular complexity index is 874. The van der Waals surface area contributed by atoms with Gasteiger partial charge >= 0.3 is 0 Å². The summed E-state index contributed by atoms with van der Waals surface area (Å²) in [6.07, 6.45) is 4.77. The van der Waals surface area contributed by atoms with E-state index in [4.69, 9.17) is 4.74 Å². The average molecular weight is 385 g/mol. The third-order valence-corrected chi connectivity index (χ3v) is 5.47. The number of hydrogen-bond acceptors (Lipinski definition) is 3. The lowest BCUT2D eigenvalue weighted by Gasteiger charge is -2.28. The molecule has 1 heterocycles. The Morgan fingerprint density at radius 3 is 1.83 bits per heavy atom. The molecule has 0 saturated carbocycles. The molecular weight excluding hydrogens is 356 g/mol. The summed E-state index contributed by atoms with van der Waals surface area (Å²) in [4.78, 5) is 5.09. The zero-order chi connectivity index (χ0) is 19.9. The highest BCUT2D eigenvalue weighted by Gasteiger charge is 2.29. The minimum Gasteiger partial charge on any atom is -0.496 e. The van der Waals surface area contributed by atoms with E-state index in [-0.39, 0.29) is 6.17 Å². The number of hydrogen-bond donors (Lipinski definition) is 0. The lowest BCUT2D eigenvalue weighted by atomic mass is 10.1. The van der Waals surface area contributed by atoms with Crippen LogP contribution in [0.25, 0.3) is 6.08 Å². The van der Waals surface area contributed by atoms with Crippen LogP contribution in [-0.2, 0) is 13.1 Å². The second-order valence-electron chi connectivity index (χ2n) is 7.43. The molecule has 3 nitrogen and oxygen atoms in total. The fourth-order valence-corrected chi connectivity index (χ4v) is 3.97. The summed E-state index contributed by atoms with van der Waals surface area (Å²) in [5.74, 6) is 0.908. The lowest BCUT2D eigenvalue weighted by Crippen LogP contribution is -2.36. The fraction of sp³-hybridized carbons (Fsp3) is 0.231. The van der Waals surface area contributed by atoms with Crippen LogP contribution in [0.4, 0.5) is 0 Å². The topological polar surface area (TPSA) is 15.7 Å². The number of para-hydroxylation sites is 1. The van der Waals surface area contributed by atoms with Crippen molar-refractivity contribution in [2.45, 2.75) is 19.3 Å². The van der Waals surface area contributed by atoms with E-state index < -0.39 is 0 Å². The van der Waals surface area contributed by atoms with Crippen LogP contribution in [0.3, 0.4) is 0 Å². The summed E-state index contributed by atoms with van der Waals surface area (Å²) < 4.78 is 5.53. The van der Waals surface area contributed by atoms with Crippen molar-refractivity contribution < 1.29 is 4.74 Å². The third-order valence-electron chi connectivity index (χ3n) is 5.47. The maximum absolute atomic E-state index is 5.53. The molecule has 0 atom stereocenters. The Labute approximate surface area is 173 Å². The first-order valence-corrected chi connectivity index (χ1v) is 10.2. The van der Waals surface area contributed by atoms with Gasteiger partial charge in [-0.05, 0) is 17.2 Å². The normalized spacial score (nSPS) is 15.9. The van der Waals surface area contributed by atoms with Gasteiger partial charge in [-0.3, -0.25) is 9.80 Å². The van der Waals surface area contributed by atoms with E-state index in [0.29, 0.717) is 0 Å². The lowest BCUT2D eigenvalue weighted by molar-refractivity contribution is 0.168. The summed E-state index contributed by atoms with van der Waals surface area (Å²) in [5, 5.41) is 0. The van der Waals surface area contributed by atoms with Gasteiger partial charge in [0.25, 0.3) is 0 Å². The second-order valence-corrected chi connectivity index (χ2v) is 7.43. The zero-order valence-corrected chi connectivity index (χ0v) is 16.9. The Hall–Kier alpha value is -2.88. The van der Waals surface area contributed by atoms with Crippen molar-refractivity contribution in [2.75, 3.05) is 20.2 Å². The van der Waals surface area contributed by atoms with Crippen molar-refractivity contribution in [3.63, 3.8) is 0 Å². The summed E-state index contributed by atoms with van der Waals surface area (Å²) in [7, 11) is 1.73. The van der Waals surface area contributed by atoms with Crippen molar-refractivity contribution in [3.8, 4) is 5.75 Å². The molecular formula is C26H28N2O. The van der Waals surface area contributed by atoms with Crippen LogP contribution in [0.15, 0.2) is 91.0 Å². The largest absolute Gasteiger partial charge is 0.496 e. The molecule has 29 heavy (non-hydrogen) atoms. The van der Waals surface area contributed by atoms with E-state index >= 15 is 0 Å². The van der Waals surface area contributed by atoms with Gasteiger partial charge in [-0.2, -0.15) is 0 Å². The van der Waals surface area contributed by atoms with Crippen LogP contribution in [0, 0.1) is 0 Å². The minimum absolute atomic E-state index is 0.250. The molecule has 4 rings (SSSR count). The molecule has 0 aromatic heterocycles. The first-order chi connectivity index (χ1) is 14.3. The molecule has 1 aliphatic heterocycles. The van der Waals surface area contributed by atoms with Crippen LogP contribution in [0.5, 0.6) is 5.75 Å². The predicted octanol–water partition coefficient (Wildman–Crippen LogP) is 5.05.